The van der Waals surface area contributed by atoms with E-state index in [4.69, 9.17) is 0 Å². The molecule has 0 bridgehead atoms. The van der Waals surface area contributed by atoms with Gasteiger partial charge in [0, 0.05) is 0 Å². The number of rotatable bonds is 6. The summed E-state index contributed by atoms with van der Waals surface area (Å²) in [4.78, 5) is 0. The first-order chi connectivity index (χ1) is 6.76. The highest BCUT2D eigenvalue weighted by Crippen LogP contribution is 2.16. The molecular weight excluding hydrogens is 188 g/mol. The molecular formula is C13H22S. The maximum absolute atomic E-state index is 2.27. The van der Waals surface area contributed by atoms with Gasteiger partial charge < -0.3 is 0 Å². The highest BCUT2D eigenvalue weighted by atomic mass is 32.2. The molecule has 0 aliphatic carbocycles. The van der Waals surface area contributed by atoms with E-state index in [2.05, 4.69) is 57.4 Å². The van der Waals surface area contributed by atoms with E-state index < -0.39 is 0 Å². The van der Waals surface area contributed by atoms with Gasteiger partial charge in [0.2, 0.25) is 0 Å². The zero-order valence-electron chi connectivity index (χ0n) is 9.79. The van der Waals surface area contributed by atoms with Crippen LogP contribution in [0, 0.1) is 5.92 Å². The molecule has 0 heterocycles. The van der Waals surface area contributed by atoms with E-state index in [9.17, 15) is 0 Å². The molecule has 1 atom stereocenters. The van der Waals surface area contributed by atoms with E-state index in [1.165, 1.54) is 12.0 Å². The monoisotopic (exact) mass is 210 g/mol. The lowest BCUT2D eigenvalue weighted by Crippen LogP contribution is -1.94. The van der Waals surface area contributed by atoms with Crippen molar-refractivity contribution in [2.75, 3.05) is 5.75 Å². The zero-order valence-corrected chi connectivity index (χ0v) is 10.6. The number of allylic oxidation sites excluding steroid dienone is 5. The topological polar surface area (TPSA) is 0 Å². The van der Waals surface area contributed by atoms with Gasteiger partial charge in [-0.05, 0) is 36.0 Å². The van der Waals surface area contributed by atoms with E-state index in [1.54, 1.807) is 0 Å². The van der Waals surface area contributed by atoms with Crippen LogP contribution in [0.4, 0.5) is 0 Å². The van der Waals surface area contributed by atoms with Crippen LogP contribution in [-0.2, 0) is 0 Å². The van der Waals surface area contributed by atoms with Crippen LogP contribution in [-0.4, -0.2) is 5.75 Å². The Labute approximate surface area is 93.2 Å². The predicted octanol–water partition coefficient (Wildman–Crippen LogP) is 4.80. The summed E-state index contributed by atoms with van der Waals surface area (Å²) in [6.07, 6.45) is 9.88. The fourth-order valence-electron chi connectivity index (χ4n) is 1.11. The summed E-state index contributed by atoms with van der Waals surface area (Å²) >= 11 is 1.84. The van der Waals surface area contributed by atoms with Gasteiger partial charge in [-0.15, -0.1) is 11.8 Å². The molecule has 0 aliphatic rings. The summed E-state index contributed by atoms with van der Waals surface area (Å²) in [5.41, 5.74) is 1.42. The summed E-state index contributed by atoms with van der Waals surface area (Å²) < 4.78 is 0. The van der Waals surface area contributed by atoms with E-state index >= 15 is 0 Å². The Morgan fingerprint density at radius 3 is 2.57 bits per heavy atom. The highest BCUT2D eigenvalue weighted by molar-refractivity contribution is 8.02. The van der Waals surface area contributed by atoms with Crippen molar-refractivity contribution in [2.45, 2.75) is 34.1 Å². The maximum atomic E-state index is 2.27. The molecule has 0 aromatic carbocycles. The first-order valence-electron chi connectivity index (χ1n) is 5.37. The normalized spacial score (nSPS) is 15.6. The van der Waals surface area contributed by atoms with Crippen LogP contribution < -0.4 is 0 Å². The fraction of sp³-hybridized carbons (Fsp3) is 0.538. The quantitative estimate of drug-likeness (QED) is 0.567. The van der Waals surface area contributed by atoms with Crippen molar-refractivity contribution in [1.29, 1.82) is 0 Å². The molecule has 0 rings (SSSR count). The number of thioether (sulfide) groups is 1. The third kappa shape index (κ3) is 6.09. The van der Waals surface area contributed by atoms with E-state index in [0.717, 1.165) is 5.75 Å². The van der Waals surface area contributed by atoms with Gasteiger partial charge in [-0.2, -0.15) is 0 Å². The molecule has 0 aromatic rings. The molecule has 0 nitrogen and oxygen atoms in total. The second-order valence-electron chi connectivity index (χ2n) is 3.26. The molecule has 0 N–H and O–H groups in total. The minimum absolute atomic E-state index is 0.655. The SMILES string of the molecule is C\C=C/C(=C\C=C\SCC)C(C)CC. The molecule has 1 unspecified atom stereocenters. The molecule has 0 aromatic heterocycles. The molecule has 0 amide bonds. The van der Waals surface area contributed by atoms with Gasteiger partial charge in [-0.25, -0.2) is 0 Å². The zero-order chi connectivity index (χ0) is 10.8. The van der Waals surface area contributed by atoms with Crippen LogP contribution in [0.2, 0.25) is 0 Å². The predicted molar refractivity (Wildman–Crippen MR) is 69.6 cm³/mol. The Morgan fingerprint density at radius 1 is 1.36 bits per heavy atom. The van der Waals surface area contributed by atoms with Crippen LogP contribution in [0.25, 0.3) is 0 Å². The van der Waals surface area contributed by atoms with Gasteiger partial charge >= 0.3 is 0 Å². The minimum atomic E-state index is 0.655. The first-order valence-corrected chi connectivity index (χ1v) is 6.42. The molecule has 0 aliphatic heterocycles. The Kier molecular flexibility index (Phi) is 8.86. The second kappa shape index (κ2) is 9.14. The van der Waals surface area contributed by atoms with Gasteiger partial charge in [0.25, 0.3) is 0 Å². The van der Waals surface area contributed by atoms with Crippen LogP contribution in [0.15, 0.2) is 35.3 Å². The van der Waals surface area contributed by atoms with Crippen LogP contribution in [0.5, 0.6) is 0 Å². The van der Waals surface area contributed by atoms with Gasteiger partial charge in [-0.1, -0.05) is 45.1 Å². The molecule has 0 saturated carbocycles. The van der Waals surface area contributed by atoms with Crippen molar-refractivity contribution in [3.63, 3.8) is 0 Å². The van der Waals surface area contributed by atoms with Crippen molar-refractivity contribution in [3.05, 3.63) is 35.3 Å². The molecule has 0 fully saturated rings. The summed E-state index contributed by atoms with van der Waals surface area (Å²) in [5.74, 6) is 1.80. The third-order valence-electron chi connectivity index (χ3n) is 2.17. The molecule has 0 saturated heterocycles. The standard InChI is InChI=1S/C13H22S/c1-5-9-13(12(4)6-2)10-8-11-14-7-3/h5,8-12H,6-7H2,1-4H3/b9-5-,11-8+,13-10+. The van der Waals surface area contributed by atoms with Gasteiger partial charge in [0.15, 0.2) is 0 Å². The molecule has 1 heteroatoms. The summed E-state index contributed by atoms with van der Waals surface area (Å²) in [7, 11) is 0. The molecule has 0 radical (unpaired) electrons. The second-order valence-corrected chi connectivity index (χ2v) is 4.44. The summed E-state index contributed by atoms with van der Waals surface area (Å²) in [6.45, 7) is 8.74. The van der Waals surface area contributed by atoms with Crippen LogP contribution in [0.1, 0.15) is 34.1 Å². The average Bonchev–Trinajstić information content (AvgIpc) is 2.21. The maximum Gasteiger partial charge on any atom is -0.00544 e. The van der Waals surface area contributed by atoms with E-state index in [1.807, 2.05) is 11.8 Å². The van der Waals surface area contributed by atoms with E-state index in [-0.39, 0.29) is 0 Å². The van der Waals surface area contributed by atoms with Crippen molar-refractivity contribution >= 4 is 11.8 Å². The first kappa shape index (κ1) is 13.6. The third-order valence-corrected chi connectivity index (χ3v) is 2.85. The minimum Gasteiger partial charge on any atom is -0.134 e. The van der Waals surface area contributed by atoms with Crippen LogP contribution in [0.3, 0.4) is 0 Å². The number of hydrogen-bond acceptors (Lipinski definition) is 1. The largest absolute Gasteiger partial charge is 0.134 e. The van der Waals surface area contributed by atoms with Crippen molar-refractivity contribution < 1.29 is 0 Å². The Hall–Kier alpha value is -0.430. The highest BCUT2D eigenvalue weighted by Gasteiger charge is 2.00. The summed E-state index contributed by atoms with van der Waals surface area (Å²) in [5, 5.41) is 2.16. The van der Waals surface area contributed by atoms with Crippen LogP contribution >= 0.6 is 11.8 Å². The smallest absolute Gasteiger partial charge is 0.00544 e. The molecule has 80 valence electrons. The number of hydrogen-bond donors (Lipinski definition) is 0. The Balaban J connectivity index is 4.32. The van der Waals surface area contributed by atoms with Crippen molar-refractivity contribution in [1.82, 2.24) is 0 Å². The average molecular weight is 210 g/mol. The van der Waals surface area contributed by atoms with Gasteiger partial charge in [0.05, 0.1) is 0 Å². The lowest BCUT2D eigenvalue weighted by molar-refractivity contribution is 0.670. The lowest BCUT2D eigenvalue weighted by atomic mass is 9.98. The lowest BCUT2D eigenvalue weighted by Gasteiger charge is -2.08. The van der Waals surface area contributed by atoms with E-state index in [0.29, 0.717) is 5.92 Å². The molecule has 14 heavy (non-hydrogen) atoms. The van der Waals surface area contributed by atoms with Crippen molar-refractivity contribution in [2.24, 2.45) is 5.92 Å². The molecule has 0 spiro atoms. The summed E-state index contributed by atoms with van der Waals surface area (Å²) in [6, 6.07) is 0. The van der Waals surface area contributed by atoms with Gasteiger partial charge in [0.1, 0.15) is 0 Å². The Morgan fingerprint density at radius 2 is 2.07 bits per heavy atom. The van der Waals surface area contributed by atoms with Crippen molar-refractivity contribution in [3.8, 4) is 0 Å². The van der Waals surface area contributed by atoms with Gasteiger partial charge in [-0.3, -0.25) is 0 Å². The Bertz CT molecular complexity index is 211. The fourth-order valence-corrected chi connectivity index (χ4v) is 1.50.